The first-order valence-corrected chi connectivity index (χ1v) is 11.8. The van der Waals surface area contributed by atoms with Crippen molar-refractivity contribution in [2.75, 3.05) is 26.2 Å². The maximum absolute atomic E-state index is 12.9. The molecule has 3 aromatic rings. The topological polar surface area (TPSA) is 53.5 Å². The zero-order valence-corrected chi connectivity index (χ0v) is 18.1. The van der Waals surface area contributed by atoms with Gasteiger partial charge >= 0.3 is 0 Å². The van der Waals surface area contributed by atoms with Gasteiger partial charge in [0, 0.05) is 30.7 Å². The average Bonchev–Trinajstić information content (AvgIpc) is 3.06. The molecular weight excluding hydrogens is 446 g/mol. The van der Waals surface area contributed by atoms with Crippen molar-refractivity contribution in [1.29, 1.82) is 0 Å². The molecule has 0 N–H and O–H groups in total. The predicted octanol–water partition coefficient (Wildman–Crippen LogP) is 3.87. The van der Waals surface area contributed by atoms with Crippen molar-refractivity contribution in [2.45, 2.75) is 18.4 Å². The van der Waals surface area contributed by atoms with Crippen LogP contribution in [0.25, 0.3) is 10.2 Å². The lowest BCUT2D eigenvalue weighted by Crippen LogP contribution is -2.48. The molecule has 5 nitrogen and oxygen atoms in total. The summed E-state index contributed by atoms with van der Waals surface area (Å²) in [6.45, 7) is 5.10. The highest BCUT2D eigenvalue weighted by Gasteiger charge is 2.29. The van der Waals surface area contributed by atoms with E-state index >= 15 is 0 Å². The van der Waals surface area contributed by atoms with Gasteiger partial charge in [-0.15, -0.1) is 11.3 Å². The highest BCUT2D eigenvalue weighted by Crippen LogP contribution is 2.25. The maximum Gasteiger partial charge on any atom is 0.243 e. The number of nitrogens with zero attached hydrogens (tertiary/aromatic N) is 3. The van der Waals surface area contributed by atoms with Gasteiger partial charge in [0.05, 0.1) is 21.7 Å². The van der Waals surface area contributed by atoms with Gasteiger partial charge in [-0.3, -0.25) is 4.90 Å². The summed E-state index contributed by atoms with van der Waals surface area (Å²) >= 11 is 5.13. The summed E-state index contributed by atoms with van der Waals surface area (Å²) in [6.07, 6.45) is 0. The van der Waals surface area contributed by atoms with Crippen LogP contribution in [0.3, 0.4) is 0 Å². The molecule has 2 aromatic carbocycles. The molecule has 142 valence electrons. The summed E-state index contributed by atoms with van der Waals surface area (Å²) in [5.41, 5.74) is 1.95. The van der Waals surface area contributed by atoms with Crippen LogP contribution in [0.5, 0.6) is 0 Å². The minimum atomic E-state index is -3.45. The highest BCUT2D eigenvalue weighted by atomic mass is 79.9. The zero-order chi connectivity index (χ0) is 19.0. The Bertz CT molecular complexity index is 1040. The molecule has 0 atom stereocenters. The highest BCUT2D eigenvalue weighted by molar-refractivity contribution is 9.10. The van der Waals surface area contributed by atoms with E-state index in [0.29, 0.717) is 31.1 Å². The van der Waals surface area contributed by atoms with Crippen molar-refractivity contribution in [2.24, 2.45) is 0 Å². The zero-order valence-electron chi connectivity index (χ0n) is 14.9. The van der Waals surface area contributed by atoms with E-state index in [2.05, 4.69) is 31.9 Å². The number of fused-ring (bicyclic) bond motifs is 1. The van der Waals surface area contributed by atoms with E-state index in [1.807, 2.05) is 25.1 Å². The molecule has 0 aliphatic carbocycles. The Hall–Kier alpha value is -1.32. The smallest absolute Gasteiger partial charge is 0.243 e. The number of aryl methyl sites for hydroxylation is 1. The van der Waals surface area contributed by atoms with Crippen LogP contribution in [0, 0.1) is 6.92 Å². The van der Waals surface area contributed by atoms with Crippen molar-refractivity contribution < 1.29 is 8.42 Å². The van der Waals surface area contributed by atoms with Crippen LogP contribution in [0.2, 0.25) is 0 Å². The molecule has 0 amide bonds. The number of para-hydroxylation sites is 1. The van der Waals surface area contributed by atoms with E-state index in [1.165, 1.54) is 4.70 Å². The number of hydrogen-bond donors (Lipinski definition) is 0. The van der Waals surface area contributed by atoms with Gasteiger partial charge in [-0.05, 0) is 42.8 Å². The normalized spacial score (nSPS) is 16.8. The van der Waals surface area contributed by atoms with Crippen molar-refractivity contribution in [3.8, 4) is 0 Å². The second kappa shape index (κ2) is 7.60. The molecule has 1 aliphatic rings. The number of aromatic nitrogens is 1. The molecule has 4 rings (SSSR count). The first-order chi connectivity index (χ1) is 12.9. The van der Waals surface area contributed by atoms with Gasteiger partial charge in [0.15, 0.2) is 0 Å². The average molecular weight is 466 g/mol. The lowest BCUT2D eigenvalue weighted by atomic mass is 10.2. The van der Waals surface area contributed by atoms with Gasteiger partial charge in [0.25, 0.3) is 0 Å². The van der Waals surface area contributed by atoms with Gasteiger partial charge in [-0.25, -0.2) is 13.4 Å². The van der Waals surface area contributed by atoms with Crippen molar-refractivity contribution in [1.82, 2.24) is 14.2 Å². The van der Waals surface area contributed by atoms with Crippen molar-refractivity contribution in [3.63, 3.8) is 0 Å². The molecule has 0 unspecified atom stereocenters. The van der Waals surface area contributed by atoms with E-state index in [4.69, 9.17) is 0 Å². The molecule has 1 saturated heterocycles. The number of benzene rings is 2. The van der Waals surface area contributed by atoms with Gasteiger partial charge < -0.3 is 0 Å². The SMILES string of the molecule is Cc1cc(S(=O)(=O)N2CCN(Cc3nc4ccccc4s3)CC2)ccc1Br. The van der Waals surface area contributed by atoms with Crippen LogP contribution < -0.4 is 0 Å². The first kappa shape index (κ1) is 19.0. The molecule has 1 aromatic heterocycles. The third-order valence-electron chi connectivity index (χ3n) is 4.80. The lowest BCUT2D eigenvalue weighted by Gasteiger charge is -2.33. The monoisotopic (exact) mass is 465 g/mol. The van der Waals surface area contributed by atoms with Crippen LogP contribution in [-0.4, -0.2) is 48.8 Å². The van der Waals surface area contributed by atoms with E-state index in [1.54, 1.807) is 33.8 Å². The standard InChI is InChI=1S/C19H20BrN3O2S2/c1-14-12-15(6-7-16(14)20)27(24,25)23-10-8-22(9-11-23)13-19-21-17-4-2-3-5-18(17)26-19/h2-7,12H,8-11,13H2,1H3. The van der Waals surface area contributed by atoms with Crippen LogP contribution >= 0.6 is 27.3 Å². The lowest BCUT2D eigenvalue weighted by molar-refractivity contribution is 0.181. The van der Waals surface area contributed by atoms with Crippen LogP contribution in [0.15, 0.2) is 51.8 Å². The second-order valence-corrected chi connectivity index (χ2v) is 10.6. The molecule has 27 heavy (non-hydrogen) atoms. The van der Waals surface area contributed by atoms with Crippen LogP contribution in [0.1, 0.15) is 10.6 Å². The third kappa shape index (κ3) is 3.95. The van der Waals surface area contributed by atoms with E-state index in [-0.39, 0.29) is 0 Å². The Balaban J connectivity index is 1.42. The number of thiazole rings is 1. The fourth-order valence-corrected chi connectivity index (χ4v) is 6.00. The second-order valence-electron chi connectivity index (χ2n) is 6.67. The Labute approximate surface area is 171 Å². The molecule has 0 spiro atoms. The van der Waals surface area contributed by atoms with Crippen molar-refractivity contribution >= 4 is 47.5 Å². The molecule has 0 saturated carbocycles. The fourth-order valence-electron chi connectivity index (χ4n) is 3.23. The summed E-state index contributed by atoms with van der Waals surface area (Å²) in [4.78, 5) is 7.32. The third-order valence-corrected chi connectivity index (χ3v) is 8.60. The van der Waals surface area contributed by atoms with E-state index in [9.17, 15) is 8.42 Å². The summed E-state index contributed by atoms with van der Waals surface area (Å²) < 4.78 is 29.5. The van der Waals surface area contributed by atoms with E-state index < -0.39 is 10.0 Å². The summed E-state index contributed by atoms with van der Waals surface area (Å²) in [7, 11) is -3.45. The van der Waals surface area contributed by atoms with Gasteiger partial charge in [0.2, 0.25) is 10.0 Å². The quantitative estimate of drug-likeness (QED) is 0.586. The predicted molar refractivity (Wildman–Crippen MR) is 113 cm³/mol. The van der Waals surface area contributed by atoms with Gasteiger partial charge in [-0.1, -0.05) is 28.1 Å². The Morgan fingerprint density at radius 3 is 2.56 bits per heavy atom. The Morgan fingerprint density at radius 1 is 1.11 bits per heavy atom. The fraction of sp³-hybridized carbons (Fsp3) is 0.316. The number of rotatable bonds is 4. The molecule has 1 fully saturated rings. The Kier molecular flexibility index (Phi) is 5.35. The Morgan fingerprint density at radius 2 is 1.85 bits per heavy atom. The first-order valence-electron chi connectivity index (χ1n) is 8.76. The molecule has 2 heterocycles. The van der Waals surface area contributed by atoms with Crippen LogP contribution in [-0.2, 0) is 16.6 Å². The van der Waals surface area contributed by atoms with Gasteiger partial charge in [0.1, 0.15) is 5.01 Å². The van der Waals surface area contributed by atoms with Gasteiger partial charge in [-0.2, -0.15) is 4.31 Å². The molecule has 8 heteroatoms. The summed E-state index contributed by atoms with van der Waals surface area (Å²) in [5, 5.41) is 1.08. The largest absolute Gasteiger partial charge is 0.294 e. The van der Waals surface area contributed by atoms with Crippen LogP contribution in [0.4, 0.5) is 0 Å². The number of sulfonamides is 1. The minimum absolute atomic E-state index is 0.364. The van der Waals surface area contributed by atoms with Crippen molar-refractivity contribution in [3.05, 3.63) is 57.5 Å². The summed E-state index contributed by atoms with van der Waals surface area (Å²) in [6, 6.07) is 13.3. The maximum atomic E-state index is 12.9. The minimum Gasteiger partial charge on any atom is -0.294 e. The summed E-state index contributed by atoms with van der Waals surface area (Å²) in [5.74, 6) is 0. The molecular formula is C19H20BrN3O2S2. The molecule has 0 radical (unpaired) electrons. The number of hydrogen-bond acceptors (Lipinski definition) is 5. The molecule has 1 aliphatic heterocycles. The number of halogens is 1. The molecule has 0 bridgehead atoms. The van der Waals surface area contributed by atoms with E-state index in [0.717, 1.165) is 27.1 Å². The number of piperazine rings is 1.